The van der Waals surface area contributed by atoms with Gasteiger partial charge in [0.05, 0.1) is 10.7 Å². The van der Waals surface area contributed by atoms with E-state index in [1.54, 1.807) is 0 Å². The highest BCUT2D eigenvalue weighted by atomic mass is 35.5. The molecular formula is C16H23ClN4. The van der Waals surface area contributed by atoms with Crippen LogP contribution >= 0.6 is 11.6 Å². The first-order valence-electron chi connectivity index (χ1n) is 7.52. The smallest absolute Gasteiger partial charge is 0.151 e. The maximum absolute atomic E-state index is 6.44. The normalized spacial score (nSPS) is 11.3. The summed E-state index contributed by atoms with van der Waals surface area (Å²) in [5, 5.41) is 8.76. The standard InChI is InChI=1S/C16H23ClN4/c1-5-14-19-15(6-2)21(20-14)16-12(10-18-11(3)4)8-7-9-13(16)17/h7-9,11,18H,5-6,10H2,1-4H3. The first-order valence-corrected chi connectivity index (χ1v) is 7.90. The van der Waals surface area contributed by atoms with Crippen LogP contribution in [0.15, 0.2) is 18.2 Å². The van der Waals surface area contributed by atoms with Crippen molar-refractivity contribution in [2.45, 2.75) is 53.1 Å². The van der Waals surface area contributed by atoms with Gasteiger partial charge in [-0.15, -0.1) is 0 Å². The fraction of sp³-hybridized carbons (Fsp3) is 0.500. The van der Waals surface area contributed by atoms with Gasteiger partial charge in [0.1, 0.15) is 5.82 Å². The van der Waals surface area contributed by atoms with Crippen molar-refractivity contribution in [2.24, 2.45) is 0 Å². The predicted octanol–water partition coefficient (Wildman–Crippen LogP) is 3.54. The first-order chi connectivity index (χ1) is 10.1. The Morgan fingerprint density at radius 2 is 2.00 bits per heavy atom. The highest BCUT2D eigenvalue weighted by Crippen LogP contribution is 2.25. The molecule has 1 N–H and O–H groups in total. The molecule has 0 bridgehead atoms. The Hall–Kier alpha value is -1.39. The molecule has 0 amide bonds. The van der Waals surface area contributed by atoms with E-state index in [1.807, 2.05) is 16.8 Å². The number of benzene rings is 1. The molecule has 0 aliphatic heterocycles. The molecule has 2 aromatic rings. The minimum absolute atomic E-state index is 0.421. The lowest BCUT2D eigenvalue weighted by Crippen LogP contribution is -2.23. The summed E-state index contributed by atoms with van der Waals surface area (Å²) in [6.45, 7) is 9.17. The van der Waals surface area contributed by atoms with Crippen LogP contribution in [0.1, 0.15) is 44.9 Å². The van der Waals surface area contributed by atoms with Gasteiger partial charge in [0.15, 0.2) is 5.82 Å². The zero-order valence-corrected chi connectivity index (χ0v) is 13.9. The van der Waals surface area contributed by atoms with E-state index >= 15 is 0 Å². The van der Waals surface area contributed by atoms with Crippen LogP contribution in [0.5, 0.6) is 0 Å². The summed E-state index contributed by atoms with van der Waals surface area (Å²) in [6, 6.07) is 6.39. The molecule has 0 saturated heterocycles. The second-order valence-corrected chi connectivity index (χ2v) is 5.75. The number of halogens is 1. The quantitative estimate of drug-likeness (QED) is 0.887. The van der Waals surface area contributed by atoms with Gasteiger partial charge in [0.25, 0.3) is 0 Å². The van der Waals surface area contributed by atoms with Crippen LogP contribution in [0, 0.1) is 0 Å². The summed E-state index contributed by atoms with van der Waals surface area (Å²) >= 11 is 6.44. The molecule has 1 aromatic carbocycles. The van der Waals surface area contributed by atoms with E-state index < -0.39 is 0 Å². The minimum Gasteiger partial charge on any atom is -0.310 e. The maximum Gasteiger partial charge on any atom is 0.151 e. The molecule has 0 fully saturated rings. The number of rotatable bonds is 6. The van der Waals surface area contributed by atoms with Crippen molar-refractivity contribution < 1.29 is 0 Å². The molecule has 0 spiro atoms. The van der Waals surface area contributed by atoms with Gasteiger partial charge in [-0.05, 0) is 11.6 Å². The Kier molecular flexibility index (Phi) is 5.37. The number of nitrogens with zero attached hydrogens (tertiary/aromatic N) is 3. The zero-order valence-electron chi connectivity index (χ0n) is 13.2. The predicted molar refractivity (Wildman–Crippen MR) is 87.1 cm³/mol. The van der Waals surface area contributed by atoms with E-state index in [0.29, 0.717) is 11.1 Å². The van der Waals surface area contributed by atoms with Crippen molar-refractivity contribution in [1.29, 1.82) is 0 Å². The Balaban J connectivity index is 2.49. The van der Waals surface area contributed by atoms with Crippen molar-refractivity contribution in [2.75, 3.05) is 0 Å². The van der Waals surface area contributed by atoms with E-state index in [2.05, 4.69) is 49.2 Å². The Bertz CT molecular complexity index is 604. The van der Waals surface area contributed by atoms with E-state index in [-0.39, 0.29) is 0 Å². The average molecular weight is 307 g/mol. The van der Waals surface area contributed by atoms with Crippen molar-refractivity contribution in [3.8, 4) is 5.69 Å². The van der Waals surface area contributed by atoms with Crippen LogP contribution in [0.4, 0.5) is 0 Å². The van der Waals surface area contributed by atoms with Crippen LogP contribution in [0.3, 0.4) is 0 Å². The van der Waals surface area contributed by atoms with Crippen molar-refractivity contribution >= 4 is 11.6 Å². The molecule has 1 aromatic heterocycles. The molecule has 2 rings (SSSR count). The molecule has 0 unspecified atom stereocenters. The molecule has 114 valence electrons. The summed E-state index contributed by atoms with van der Waals surface area (Å²) in [5.41, 5.74) is 2.08. The fourth-order valence-corrected chi connectivity index (χ4v) is 2.48. The van der Waals surface area contributed by atoms with Crippen LogP contribution in [-0.4, -0.2) is 20.8 Å². The number of nitrogens with one attached hydrogen (secondary N) is 1. The number of aromatic nitrogens is 3. The van der Waals surface area contributed by atoms with Gasteiger partial charge in [0, 0.05) is 25.4 Å². The summed E-state index contributed by atoms with van der Waals surface area (Å²) < 4.78 is 1.90. The molecule has 0 radical (unpaired) electrons. The molecule has 0 saturated carbocycles. The maximum atomic E-state index is 6.44. The van der Waals surface area contributed by atoms with Crippen molar-refractivity contribution in [1.82, 2.24) is 20.1 Å². The largest absolute Gasteiger partial charge is 0.310 e. The monoisotopic (exact) mass is 306 g/mol. The molecule has 5 heteroatoms. The lowest BCUT2D eigenvalue weighted by molar-refractivity contribution is 0.586. The third kappa shape index (κ3) is 3.63. The van der Waals surface area contributed by atoms with Crippen molar-refractivity contribution in [3.63, 3.8) is 0 Å². The molecule has 0 aliphatic rings. The second kappa shape index (κ2) is 7.05. The topological polar surface area (TPSA) is 42.7 Å². The van der Waals surface area contributed by atoms with E-state index in [0.717, 1.165) is 42.3 Å². The molecule has 21 heavy (non-hydrogen) atoms. The number of para-hydroxylation sites is 1. The van der Waals surface area contributed by atoms with E-state index in [4.69, 9.17) is 11.6 Å². The molecule has 4 nitrogen and oxygen atoms in total. The number of hydrogen-bond donors (Lipinski definition) is 1. The van der Waals surface area contributed by atoms with Crippen molar-refractivity contribution in [3.05, 3.63) is 40.4 Å². The lowest BCUT2D eigenvalue weighted by atomic mass is 10.1. The highest BCUT2D eigenvalue weighted by molar-refractivity contribution is 6.32. The van der Waals surface area contributed by atoms with Crippen LogP contribution in [0.2, 0.25) is 5.02 Å². The summed E-state index contributed by atoms with van der Waals surface area (Å²) in [4.78, 5) is 4.57. The highest BCUT2D eigenvalue weighted by Gasteiger charge is 2.15. The first kappa shape index (κ1) is 16.0. The van der Waals surface area contributed by atoms with Crippen LogP contribution in [0.25, 0.3) is 5.69 Å². The third-order valence-corrected chi connectivity index (χ3v) is 3.64. The molecular weight excluding hydrogens is 284 g/mol. The van der Waals surface area contributed by atoms with Gasteiger partial charge in [-0.3, -0.25) is 0 Å². The van der Waals surface area contributed by atoms with Gasteiger partial charge in [-0.1, -0.05) is 51.4 Å². The summed E-state index contributed by atoms with van der Waals surface area (Å²) in [6.07, 6.45) is 1.65. The number of aryl methyl sites for hydroxylation is 2. The van der Waals surface area contributed by atoms with Crippen LogP contribution in [-0.2, 0) is 19.4 Å². The van der Waals surface area contributed by atoms with Gasteiger partial charge < -0.3 is 5.32 Å². The molecule has 1 heterocycles. The number of hydrogen-bond acceptors (Lipinski definition) is 3. The summed E-state index contributed by atoms with van der Waals surface area (Å²) in [5.74, 6) is 1.81. The van der Waals surface area contributed by atoms with Gasteiger partial charge in [0.2, 0.25) is 0 Å². The molecule has 0 aliphatic carbocycles. The average Bonchev–Trinajstić information content (AvgIpc) is 2.88. The van der Waals surface area contributed by atoms with Crippen LogP contribution < -0.4 is 5.32 Å². The SMILES string of the molecule is CCc1nc(CC)n(-c2c(Cl)cccc2CNC(C)C)n1. The summed E-state index contributed by atoms with van der Waals surface area (Å²) in [7, 11) is 0. The van der Waals surface area contributed by atoms with Gasteiger partial charge >= 0.3 is 0 Å². The van der Waals surface area contributed by atoms with Gasteiger partial charge in [-0.25, -0.2) is 9.67 Å². The van der Waals surface area contributed by atoms with E-state index in [9.17, 15) is 0 Å². The lowest BCUT2D eigenvalue weighted by Gasteiger charge is -2.15. The van der Waals surface area contributed by atoms with Gasteiger partial charge in [-0.2, -0.15) is 5.10 Å². The third-order valence-electron chi connectivity index (χ3n) is 3.33. The zero-order chi connectivity index (χ0) is 15.4. The Morgan fingerprint density at radius 3 is 2.62 bits per heavy atom. The van der Waals surface area contributed by atoms with E-state index in [1.165, 1.54) is 0 Å². The Morgan fingerprint density at radius 1 is 1.24 bits per heavy atom. The Labute approximate surface area is 131 Å². The minimum atomic E-state index is 0.421. The molecule has 0 atom stereocenters. The fourth-order valence-electron chi connectivity index (χ4n) is 2.20. The second-order valence-electron chi connectivity index (χ2n) is 5.35.